The first-order chi connectivity index (χ1) is 8.88. The van der Waals surface area contributed by atoms with Gasteiger partial charge in [0.25, 0.3) is 0 Å². The molecule has 0 aromatic heterocycles. The molecule has 11 nitrogen and oxygen atoms in total. The Hall–Kier alpha value is -2.72. The number of ether oxygens (including phenoxy) is 5. The molecule has 2 atom stereocenters. The van der Waals surface area contributed by atoms with E-state index < -0.39 is 50.0 Å². The summed E-state index contributed by atoms with van der Waals surface area (Å²) in [6.45, 7) is -1.33. The van der Waals surface area contributed by atoms with Gasteiger partial charge >= 0.3 is 24.6 Å². The molecule has 0 aliphatic carbocycles. The molecule has 1 aliphatic heterocycles. The van der Waals surface area contributed by atoms with Gasteiger partial charge in [0.05, 0.1) is 0 Å². The van der Waals surface area contributed by atoms with Crippen LogP contribution >= 0.6 is 0 Å². The maximum absolute atomic E-state index is 10.9. The lowest BCUT2D eigenvalue weighted by Crippen LogP contribution is -2.40. The van der Waals surface area contributed by atoms with Gasteiger partial charge in [0.15, 0.2) is 12.2 Å². The second kappa shape index (κ2) is 6.28. The van der Waals surface area contributed by atoms with Crippen LogP contribution in [0.1, 0.15) is 0 Å². The van der Waals surface area contributed by atoms with Gasteiger partial charge in [-0.25, -0.2) is 19.2 Å². The summed E-state index contributed by atoms with van der Waals surface area (Å²) >= 11 is 0. The Bertz CT molecular complexity index is 388. The van der Waals surface area contributed by atoms with Gasteiger partial charge in [0.1, 0.15) is 13.2 Å². The highest BCUT2D eigenvalue weighted by atomic mass is 16.8. The summed E-state index contributed by atoms with van der Waals surface area (Å²) in [6, 6.07) is 0. The summed E-state index contributed by atoms with van der Waals surface area (Å²) in [6.07, 6.45) is -9.11. The molecule has 1 saturated heterocycles. The maximum Gasteiger partial charge on any atom is 0.519 e. The molecule has 2 unspecified atom stereocenters. The molecule has 0 aromatic rings. The quantitative estimate of drug-likeness (QED) is 0.417. The Morgan fingerprint density at radius 2 is 1.95 bits per heavy atom. The van der Waals surface area contributed by atoms with Crippen molar-refractivity contribution in [3.8, 4) is 0 Å². The van der Waals surface area contributed by atoms with Crippen molar-refractivity contribution in [2.45, 2.75) is 12.2 Å². The van der Waals surface area contributed by atoms with E-state index in [1.54, 1.807) is 0 Å². The van der Waals surface area contributed by atoms with Gasteiger partial charge in [-0.3, -0.25) is 0 Å². The third-order valence-electron chi connectivity index (χ3n) is 1.82. The van der Waals surface area contributed by atoms with Crippen molar-refractivity contribution in [2.75, 3.05) is 13.2 Å². The lowest BCUT2D eigenvalue weighted by molar-refractivity contribution is -0.0683. The van der Waals surface area contributed by atoms with Crippen molar-refractivity contribution in [3.63, 3.8) is 0 Å². The summed E-state index contributed by atoms with van der Waals surface area (Å²) in [5, 5.41) is 16.8. The summed E-state index contributed by atoms with van der Waals surface area (Å²) in [5.74, 6) is 0. The van der Waals surface area contributed by atoms with Gasteiger partial charge in [0.2, 0.25) is 0 Å². The normalized spacial score (nSPS) is 20.1. The van der Waals surface area contributed by atoms with Crippen LogP contribution in [0.15, 0.2) is 0 Å². The lowest BCUT2D eigenvalue weighted by atomic mass is 10.2. The standard InChI is InChI=1S/C8H8O11/c9-5(10)15-1-3(17-6(11)12)4-2-16-7(13)19-8(14)18-4/h3-4H,1-2H2,(H,9,10)(H,11,12). The highest BCUT2D eigenvalue weighted by molar-refractivity contribution is 5.77. The van der Waals surface area contributed by atoms with Gasteiger partial charge < -0.3 is 33.9 Å². The molecule has 11 heteroatoms. The molecule has 0 aromatic carbocycles. The molecule has 0 amide bonds. The molecule has 2 N–H and O–H groups in total. The Labute approximate surface area is 104 Å². The van der Waals surface area contributed by atoms with Crippen molar-refractivity contribution in [1.82, 2.24) is 0 Å². The minimum atomic E-state index is -1.76. The highest BCUT2D eigenvalue weighted by Crippen LogP contribution is 2.12. The zero-order valence-electron chi connectivity index (χ0n) is 9.14. The number of rotatable bonds is 4. The third kappa shape index (κ3) is 4.97. The minimum Gasteiger partial charge on any atom is -0.450 e. The fourth-order valence-electron chi connectivity index (χ4n) is 1.11. The molecule has 1 fully saturated rings. The fourth-order valence-corrected chi connectivity index (χ4v) is 1.11. The van der Waals surface area contributed by atoms with Crippen LogP contribution in [0.3, 0.4) is 0 Å². The smallest absolute Gasteiger partial charge is 0.450 e. The number of carboxylic acid groups (broad SMARTS) is 2. The Morgan fingerprint density at radius 3 is 2.53 bits per heavy atom. The second-order valence-corrected chi connectivity index (χ2v) is 3.07. The summed E-state index contributed by atoms with van der Waals surface area (Å²) in [4.78, 5) is 42.3. The second-order valence-electron chi connectivity index (χ2n) is 3.07. The summed E-state index contributed by atoms with van der Waals surface area (Å²) in [7, 11) is 0. The first kappa shape index (κ1) is 14.3. The molecule has 106 valence electrons. The third-order valence-corrected chi connectivity index (χ3v) is 1.82. The number of hydrogen-bond acceptors (Lipinski definition) is 9. The van der Waals surface area contributed by atoms with Crippen LogP contribution in [0, 0.1) is 0 Å². The lowest BCUT2D eigenvalue weighted by Gasteiger charge is -2.21. The van der Waals surface area contributed by atoms with Crippen LogP contribution in [-0.2, 0) is 23.7 Å². The van der Waals surface area contributed by atoms with E-state index in [-0.39, 0.29) is 0 Å². The van der Waals surface area contributed by atoms with Crippen molar-refractivity contribution in [3.05, 3.63) is 0 Å². The van der Waals surface area contributed by atoms with E-state index in [2.05, 4.69) is 23.7 Å². The molecule has 0 radical (unpaired) electrons. The molecular weight excluding hydrogens is 272 g/mol. The Morgan fingerprint density at radius 1 is 1.26 bits per heavy atom. The van der Waals surface area contributed by atoms with Gasteiger partial charge in [0, 0.05) is 0 Å². The van der Waals surface area contributed by atoms with Crippen LogP contribution in [0.5, 0.6) is 0 Å². The highest BCUT2D eigenvalue weighted by Gasteiger charge is 2.35. The molecule has 1 rings (SSSR count). The van der Waals surface area contributed by atoms with Crippen molar-refractivity contribution in [1.29, 1.82) is 0 Å². The molecule has 0 spiro atoms. The van der Waals surface area contributed by atoms with E-state index in [0.717, 1.165) is 0 Å². The van der Waals surface area contributed by atoms with Crippen LogP contribution < -0.4 is 0 Å². The van der Waals surface area contributed by atoms with Crippen molar-refractivity contribution in [2.24, 2.45) is 0 Å². The number of cyclic esters (lactones) is 4. The molecule has 1 heterocycles. The van der Waals surface area contributed by atoms with E-state index in [4.69, 9.17) is 10.2 Å². The monoisotopic (exact) mass is 280 g/mol. The first-order valence-corrected chi connectivity index (χ1v) is 4.69. The van der Waals surface area contributed by atoms with Gasteiger partial charge in [-0.1, -0.05) is 0 Å². The van der Waals surface area contributed by atoms with Crippen molar-refractivity contribution < 1.29 is 53.1 Å². The summed E-state index contributed by atoms with van der Waals surface area (Å²) < 4.78 is 21.2. The van der Waals surface area contributed by atoms with Gasteiger partial charge in [-0.05, 0) is 0 Å². The van der Waals surface area contributed by atoms with Crippen LogP contribution in [0.4, 0.5) is 19.2 Å². The predicted octanol–water partition coefficient (Wildman–Crippen LogP) is 0.416. The Balaban J connectivity index is 2.71. The van der Waals surface area contributed by atoms with Gasteiger partial charge in [-0.2, -0.15) is 0 Å². The van der Waals surface area contributed by atoms with E-state index in [9.17, 15) is 19.2 Å². The maximum atomic E-state index is 10.9. The van der Waals surface area contributed by atoms with Gasteiger partial charge in [-0.15, -0.1) is 0 Å². The van der Waals surface area contributed by atoms with Crippen molar-refractivity contribution >= 4 is 24.6 Å². The number of carbonyl (C=O) groups is 4. The topological polar surface area (TPSA) is 155 Å². The average Bonchev–Trinajstić information content (AvgIpc) is 2.44. The predicted molar refractivity (Wildman–Crippen MR) is 49.6 cm³/mol. The van der Waals surface area contributed by atoms with Crippen LogP contribution in [0.25, 0.3) is 0 Å². The number of hydrogen-bond donors (Lipinski definition) is 2. The largest absolute Gasteiger partial charge is 0.519 e. The molecule has 1 aliphatic rings. The average molecular weight is 280 g/mol. The number of carbonyl (C=O) groups excluding carboxylic acids is 2. The minimum absolute atomic E-state index is 0.578. The SMILES string of the molecule is O=C(O)OCC(OC(=O)O)C1COC(=O)OC(=O)O1. The molecule has 0 bridgehead atoms. The van der Waals surface area contributed by atoms with Crippen LogP contribution in [0.2, 0.25) is 0 Å². The van der Waals surface area contributed by atoms with E-state index >= 15 is 0 Å². The van der Waals surface area contributed by atoms with Crippen LogP contribution in [-0.4, -0.2) is 60.3 Å². The fraction of sp³-hybridized carbons (Fsp3) is 0.500. The van der Waals surface area contributed by atoms with E-state index in [1.165, 1.54) is 0 Å². The van der Waals surface area contributed by atoms with E-state index in [0.29, 0.717) is 0 Å². The molecule has 19 heavy (non-hydrogen) atoms. The zero-order valence-corrected chi connectivity index (χ0v) is 9.14. The first-order valence-electron chi connectivity index (χ1n) is 4.69. The zero-order chi connectivity index (χ0) is 14.4. The Kier molecular flexibility index (Phi) is 4.74. The molecular formula is C8H8O11. The summed E-state index contributed by atoms with van der Waals surface area (Å²) in [5.41, 5.74) is 0. The molecule has 0 saturated carbocycles. The van der Waals surface area contributed by atoms with E-state index in [1.807, 2.05) is 0 Å².